The third kappa shape index (κ3) is 9.94. The number of methoxy groups -OCH3 is 2. The summed E-state index contributed by atoms with van der Waals surface area (Å²) in [5.41, 5.74) is 1.25. The number of nitrogens with zero attached hydrogens (tertiary/aromatic N) is 6. The van der Waals surface area contributed by atoms with Gasteiger partial charge in [0.05, 0.1) is 38.4 Å². The number of aromatic nitrogens is 6. The second-order valence-corrected chi connectivity index (χ2v) is 12.6. The first-order valence-electron chi connectivity index (χ1n) is 14.9. The molecule has 2 amide bonds. The lowest BCUT2D eigenvalue weighted by Gasteiger charge is -2.25. The smallest absolute Gasteiger partial charge is 0.232 e. The van der Waals surface area contributed by atoms with E-state index in [0.717, 1.165) is 35.7 Å². The van der Waals surface area contributed by atoms with Gasteiger partial charge < -0.3 is 29.6 Å². The fourth-order valence-electron chi connectivity index (χ4n) is 4.88. The number of hydrogen-bond donors (Lipinski definition) is 2. The van der Waals surface area contributed by atoms with E-state index in [9.17, 15) is 9.59 Å². The van der Waals surface area contributed by atoms with Crippen LogP contribution in [0, 0.1) is 0 Å². The first-order chi connectivity index (χ1) is 22.5. The van der Waals surface area contributed by atoms with E-state index in [-0.39, 0.29) is 36.5 Å². The van der Waals surface area contributed by atoms with Gasteiger partial charge in [0.15, 0.2) is 0 Å². The Bertz CT molecular complexity index is 1440. The number of hydrogen-bond acceptors (Lipinski definition) is 14. The number of ether oxygens (including phenoxy) is 4. The lowest BCUT2D eigenvalue weighted by molar-refractivity contribution is -0.116. The number of nitrogens with one attached hydrogen (secondary N) is 2. The molecule has 1 aliphatic carbocycles. The summed E-state index contributed by atoms with van der Waals surface area (Å²) in [7, 11) is 3.22. The van der Waals surface area contributed by atoms with Crippen LogP contribution in [0.3, 0.4) is 0 Å². The molecule has 14 nitrogen and oxygen atoms in total. The molecule has 2 N–H and O–H groups in total. The Morgan fingerprint density at radius 3 is 1.61 bits per heavy atom. The number of pyridine rings is 2. The summed E-state index contributed by atoms with van der Waals surface area (Å²) >= 11 is 2.79. The lowest BCUT2D eigenvalue weighted by atomic mass is 9.82. The molecular weight excluding hydrogens is 633 g/mol. The maximum atomic E-state index is 12.6. The molecule has 0 radical (unpaired) electrons. The fraction of sp³-hybridized carbons (Fsp3) is 0.467. The quantitative estimate of drug-likeness (QED) is 0.164. The molecule has 46 heavy (non-hydrogen) atoms. The van der Waals surface area contributed by atoms with Gasteiger partial charge in [0.25, 0.3) is 0 Å². The van der Waals surface area contributed by atoms with Crippen LogP contribution in [-0.4, -0.2) is 82.8 Å². The van der Waals surface area contributed by atoms with E-state index < -0.39 is 0 Å². The second kappa shape index (κ2) is 17.0. The summed E-state index contributed by atoms with van der Waals surface area (Å²) in [4.78, 5) is 33.8. The molecule has 4 aromatic rings. The first-order valence-corrected chi connectivity index (χ1v) is 16.5. The predicted molar refractivity (Wildman–Crippen MR) is 172 cm³/mol. The van der Waals surface area contributed by atoms with Crippen LogP contribution in [-0.2, 0) is 31.9 Å². The molecule has 5 rings (SSSR count). The van der Waals surface area contributed by atoms with Crippen molar-refractivity contribution in [2.24, 2.45) is 0 Å². The highest BCUT2D eigenvalue weighted by atomic mass is 32.1. The Morgan fingerprint density at radius 1 is 0.717 bits per heavy atom. The van der Waals surface area contributed by atoms with E-state index in [2.05, 4.69) is 41.0 Å². The highest BCUT2D eigenvalue weighted by molar-refractivity contribution is 7.15. The molecule has 4 aromatic heterocycles. The zero-order chi connectivity index (χ0) is 32.1. The van der Waals surface area contributed by atoms with Crippen molar-refractivity contribution >= 4 is 44.8 Å². The lowest BCUT2D eigenvalue weighted by Crippen LogP contribution is -2.15. The highest BCUT2D eigenvalue weighted by Crippen LogP contribution is 2.43. The third-order valence-electron chi connectivity index (χ3n) is 7.14. The molecule has 1 saturated carbocycles. The van der Waals surface area contributed by atoms with E-state index >= 15 is 0 Å². The maximum Gasteiger partial charge on any atom is 0.232 e. The van der Waals surface area contributed by atoms with Crippen molar-refractivity contribution < 1.29 is 28.5 Å². The average Bonchev–Trinajstić information content (AvgIpc) is 3.73. The second-order valence-electron chi connectivity index (χ2n) is 10.6. The third-order valence-corrected chi connectivity index (χ3v) is 9.14. The largest absolute Gasteiger partial charge is 0.490 e. The zero-order valence-electron chi connectivity index (χ0n) is 25.6. The highest BCUT2D eigenvalue weighted by Gasteiger charge is 2.29. The molecule has 2 atom stereocenters. The molecule has 0 aliphatic heterocycles. The number of carbonyl (C=O) groups excluding carboxylic acids is 2. The van der Waals surface area contributed by atoms with Crippen molar-refractivity contribution in [2.45, 2.75) is 50.4 Å². The van der Waals surface area contributed by atoms with Crippen molar-refractivity contribution in [1.29, 1.82) is 0 Å². The van der Waals surface area contributed by atoms with E-state index in [1.807, 2.05) is 0 Å². The number of rotatable bonds is 16. The molecule has 0 spiro atoms. The van der Waals surface area contributed by atoms with Gasteiger partial charge in [0.1, 0.15) is 34.7 Å². The van der Waals surface area contributed by atoms with Gasteiger partial charge in [-0.05, 0) is 43.5 Å². The normalized spacial score (nSPS) is 16.1. The van der Waals surface area contributed by atoms with E-state index in [4.69, 9.17) is 18.9 Å². The summed E-state index contributed by atoms with van der Waals surface area (Å²) in [6.07, 6.45) is 7.22. The number of carbonyl (C=O) groups is 2. The minimum atomic E-state index is -0.215. The molecule has 0 bridgehead atoms. The Hall–Kier alpha value is -4.12. The Labute approximate surface area is 274 Å². The first kappa shape index (κ1) is 33.2. The molecule has 0 saturated heterocycles. The molecule has 2 unspecified atom stereocenters. The minimum absolute atomic E-state index is 0.113. The van der Waals surface area contributed by atoms with Crippen LogP contribution < -0.4 is 20.1 Å². The topological polar surface area (TPSA) is 172 Å². The van der Waals surface area contributed by atoms with Gasteiger partial charge in [-0.2, -0.15) is 0 Å². The predicted octanol–water partition coefficient (Wildman–Crippen LogP) is 4.03. The van der Waals surface area contributed by atoms with Gasteiger partial charge >= 0.3 is 0 Å². The van der Waals surface area contributed by atoms with E-state index in [0.29, 0.717) is 59.6 Å². The Balaban J connectivity index is 1.08. The van der Waals surface area contributed by atoms with Crippen molar-refractivity contribution in [2.75, 3.05) is 51.3 Å². The molecule has 244 valence electrons. The maximum absolute atomic E-state index is 12.6. The molecule has 1 aliphatic rings. The van der Waals surface area contributed by atoms with Crippen molar-refractivity contribution in [3.05, 3.63) is 58.1 Å². The Morgan fingerprint density at radius 2 is 1.20 bits per heavy atom. The summed E-state index contributed by atoms with van der Waals surface area (Å²) in [5.74, 6) is 1.21. The summed E-state index contributed by atoms with van der Waals surface area (Å²) in [5, 5.41) is 25.6. The summed E-state index contributed by atoms with van der Waals surface area (Å²) in [6, 6.07) is 7.08. The summed E-state index contributed by atoms with van der Waals surface area (Å²) < 4.78 is 21.0. The molecular formula is C30H36N8O6S2. The van der Waals surface area contributed by atoms with Crippen LogP contribution in [0.5, 0.6) is 11.5 Å². The van der Waals surface area contributed by atoms with Crippen LogP contribution in [0.1, 0.15) is 58.9 Å². The fourth-order valence-corrected chi connectivity index (χ4v) is 6.70. The van der Waals surface area contributed by atoms with Crippen LogP contribution >= 0.6 is 22.7 Å². The molecule has 1 fully saturated rings. The van der Waals surface area contributed by atoms with Crippen molar-refractivity contribution in [3.8, 4) is 11.5 Å². The van der Waals surface area contributed by atoms with Crippen LogP contribution in [0.4, 0.5) is 10.3 Å². The minimum Gasteiger partial charge on any atom is -0.490 e. The number of anilines is 2. The molecule has 16 heteroatoms. The summed E-state index contributed by atoms with van der Waals surface area (Å²) in [6.45, 7) is 1.84. The van der Waals surface area contributed by atoms with E-state index in [1.165, 1.54) is 22.7 Å². The van der Waals surface area contributed by atoms with Gasteiger partial charge in [0, 0.05) is 37.4 Å². The standard InChI is InChI=1S/C30H36N8O6S2/c1-41-10-12-43-23-8-6-21(31-17-23)15-25(39)33-29-37-35-27(45-29)19-4-3-5-20(14-19)28-36-38-30(46-28)34-26(40)16-22-7-9-24(18-32-22)44-13-11-42-2/h6-9,17-20H,3-5,10-16H2,1-2H3,(H,33,37,39)(H,34,38,40). The molecule has 4 heterocycles. The van der Waals surface area contributed by atoms with Crippen LogP contribution in [0.2, 0.25) is 0 Å². The van der Waals surface area contributed by atoms with Gasteiger partial charge in [0.2, 0.25) is 22.1 Å². The SMILES string of the molecule is COCCOc1ccc(CC(=O)Nc2nnc(C3CCCC(c4nnc(NC(=O)Cc5ccc(OCCOC)cn5)s4)C3)s2)nc1. The van der Waals surface area contributed by atoms with Crippen molar-refractivity contribution in [1.82, 2.24) is 30.4 Å². The molecule has 0 aromatic carbocycles. The number of amides is 2. The monoisotopic (exact) mass is 668 g/mol. The van der Waals surface area contributed by atoms with Gasteiger partial charge in [-0.3, -0.25) is 19.6 Å². The van der Waals surface area contributed by atoms with Crippen LogP contribution in [0.25, 0.3) is 0 Å². The average molecular weight is 669 g/mol. The van der Waals surface area contributed by atoms with Gasteiger partial charge in [-0.15, -0.1) is 20.4 Å². The van der Waals surface area contributed by atoms with Crippen molar-refractivity contribution in [3.63, 3.8) is 0 Å². The van der Waals surface area contributed by atoms with Gasteiger partial charge in [-0.1, -0.05) is 29.1 Å². The van der Waals surface area contributed by atoms with Crippen LogP contribution in [0.15, 0.2) is 36.7 Å². The Kier molecular flexibility index (Phi) is 12.3. The zero-order valence-corrected chi connectivity index (χ0v) is 27.3. The van der Waals surface area contributed by atoms with Gasteiger partial charge in [-0.25, -0.2) is 0 Å². The van der Waals surface area contributed by atoms with E-state index in [1.54, 1.807) is 50.9 Å².